The third-order valence-electron chi connectivity index (χ3n) is 4.83. The summed E-state index contributed by atoms with van der Waals surface area (Å²) >= 11 is 0. The molecule has 1 saturated carbocycles. The normalized spacial score (nSPS) is 19.6. The van der Waals surface area contributed by atoms with Crippen molar-refractivity contribution in [1.82, 2.24) is 14.9 Å². The van der Waals surface area contributed by atoms with Crippen molar-refractivity contribution in [3.8, 4) is 0 Å². The number of nitrogens with zero attached hydrogens (tertiary/aromatic N) is 1. The standard InChI is InChI=1S/C18H26N4O4S.ClH/c19-9-10-20-17(23)14-2-1-11-22(12-14)18(24)13-3-7-16(8-4-13)27(25,26)21-15-5-6-15;/h3-4,7-8,14-15,21H,1-2,5-6,9-12,19H2,(H,20,23);1H. The minimum atomic E-state index is -3.53. The number of nitrogens with two attached hydrogens (primary N) is 1. The van der Waals surface area contributed by atoms with Crippen LogP contribution in [0.5, 0.6) is 0 Å². The number of benzene rings is 1. The summed E-state index contributed by atoms with van der Waals surface area (Å²) in [5.74, 6) is -0.507. The first-order valence-electron chi connectivity index (χ1n) is 9.30. The summed E-state index contributed by atoms with van der Waals surface area (Å²) in [6, 6.07) is 6.00. The van der Waals surface area contributed by atoms with Crippen LogP contribution < -0.4 is 15.8 Å². The van der Waals surface area contributed by atoms with Gasteiger partial charge >= 0.3 is 0 Å². The zero-order valence-corrected chi connectivity index (χ0v) is 17.2. The lowest BCUT2D eigenvalue weighted by atomic mass is 9.96. The Hall–Kier alpha value is -1.68. The molecule has 1 saturated heterocycles. The molecule has 2 amide bonds. The van der Waals surface area contributed by atoms with E-state index in [0.29, 0.717) is 31.7 Å². The van der Waals surface area contributed by atoms with Crippen molar-refractivity contribution < 1.29 is 18.0 Å². The molecule has 2 aliphatic rings. The van der Waals surface area contributed by atoms with E-state index >= 15 is 0 Å². The summed E-state index contributed by atoms with van der Waals surface area (Å²) in [6.07, 6.45) is 3.23. The van der Waals surface area contributed by atoms with Gasteiger partial charge in [0.25, 0.3) is 5.91 Å². The van der Waals surface area contributed by atoms with Gasteiger partial charge in [0.1, 0.15) is 0 Å². The highest BCUT2D eigenvalue weighted by Gasteiger charge is 2.30. The SMILES string of the molecule is Cl.NCCNC(=O)C1CCCN(C(=O)c2ccc(S(=O)(=O)NC3CC3)cc2)C1. The van der Waals surface area contributed by atoms with Crippen molar-refractivity contribution >= 4 is 34.2 Å². The molecule has 1 unspecified atom stereocenters. The first-order valence-corrected chi connectivity index (χ1v) is 10.8. The Morgan fingerprint density at radius 1 is 1.14 bits per heavy atom. The van der Waals surface area contributed by atoms with Crippen molar-refractivity contribution in [2.24, 2.45) is 11.7 Å². The molecular formula is C18H27ClN4O4S. The van der Waals surface area contributed by atoms with Gasteiger partial charge in [0.15, 0.2) is 0 Å². The summed E-state index contributed by atoms with van der Waals surface area (Å²) in [5.41, 5.74) is 5.82. The molecule has 1 heterocycles. The second-order valence-electron chi connectivity index (χ2n) is 7.09. The smallest absolute Gasteiger partial charge is 0.253 e. The number of carbonyl (C=O) groups excluding carboxylic acids is 2. The van der Waals surface area contributed by atoms with Crippen LogP contribution in [0.4, 0.5) is 0 Å². The van der Waals surface area contributed by atoms with E-state index < -0.39 is 10.0 Å². The highest BCUT2D eigenvalue weighted by Crippen LogP contribution is 2.23. The lowest BCUT2D eigenvalue weighted by Crippen LogP contribution is -2.46. The lowest BCUT2D eigenvalue weighted by molar-refractivity contribution is -0.126. The van der Waals surface area contributed by atoms with Gasteiger partial charge in [-0.2, -0.15) is 0 Å². The van der Waals surface area contributed by atoms with Gasteiger partial charge in [0.2, 0.25) is 15.9 Å². The molecule has 1 aromatic rings. The Bertz CT molecular complexity index is 796. The molecule has 156 valence electrons. The van der Waals surface area contributed by atoms with Gasteiger partial charge in [-0.1, -0.05) is 0 Å². The number of hydrogen-bond donors (Lipinski definition) is 3. The summed E-state index contributed by atoms with van der Waals surface area (Å²) < 4.78 is 27.0. The molecule has 1 aromatic carbocycles. The molecule has 1 aliphatic carbocycles. The summed E-state index contributed by atoms with van der Waals surface area (Å²) in [4.78, 5) is 26.7. The third-order valence-corrected chi connectivity index (χ3v) is 6.37. The van der Waals surface area contributed by atoms with Gasteiger partial charge in [0.05, 0.1) is 10.8 Å². The topological polar surface area (TPSA) is 122 Å². The van der Waals surface area contributed by atoms with E-state index in [-0.39, 0.29) is 41.1 Å². The van der Waals surface area contributed by atoms with E-state index in [4.69, 9.17) is 5.73 Å². The van der Waals surface area contributed by atoms with Crippen LogP contribution in [0, 0.1) is 5.92 Å². The van der Waals surface area contributed by atoms with E-state index in [2.05, 4.69) is 10.0 Å². The van der Waals surface area contributed by atoms with Crippen molar-refractivity contribution in [3.63, 3.8) is 0 Å². The second kappa shape index (κ2) is 9.69. The molecule has 8 nitrogen and oxygen atoms in total. The Kier molecular flexibility index (Phi) is 7.82. The number of sulfonamides is 1. The van der Waals surface area contributed by atoms with Gasteiger partial charge < -0.3 is 16.0 Å². The molecule has 4 N–H and O–H groups in total. The number of carbonyl (C=O) groups is 2. The highest BCUT2D eigenvalue weighted by atomic mass is 35.5. The zero-order valence-electron chi connectivity index (χ0n) is 15.6. The molecule has 3 rings (SSSR count). The molecule has 0 bridgehead atoms. The average Bonchev–Trinajstić information content (AvgIpc) is 3.49. The fourth-order valence-corrected chi connectivity index (χ4v) is 4.47. The average molecular weight is 431 g/mol. The number of nitrogens with one attached hydrogen (secondary N) is 2. The van der Waals surface area contributed by atoms with E-state index in [9.17, 15) is 18.0 Å². The quantitative estimate of drug-likeness (QED) is 0.580. The molecule has 28 heavy (non-hydrogen) atoms. The molecule has 2 fully saturated rings. The maximum atomic E-state index is 12.7. The fraction of sp³-hybridized carbons (Fsp3) is 0.556. The summed E-state index contributed by atoms with van der Waals surface area (Å²) in [7, 11) is -3.53. The number of hydrogen-bond acceptors (Lipinski definition) is 5. The van der Waals surface area contributed by atoms with Gasteiger partial charge in [-0.15, -0.1) is 12.4 Å². The van der Waals surface area contributed by atoms with Gasteiger partial charge in [-0.05, 0) is 49.9 Å². The van der Waals surface area contributed by atoms with Crippen LogP contribution in [0.15, 0.2) is 29.2 Å². The first-order chi connectivity index (χ1) is 12.9. The summed E-state index contributed by atoms with van der Waals surface area (Å²) in [5, 5.41) is 2.77. The van der Waals surface area contributed by atoms with Crippen molar-refractivity contribution in [1.29, 1.82) is 0 Å². The van der Waals surface area contributed by atoms with Crippen LogP contribution in [0.1, 0.15) is 36.0 Å². The third kappa shape index (κ3) is 5.66. The number of amides is 2. The Balaban J connectivity index is 0.00000280. The Labute approximate surface area is 171 Å². The van der Waals surface area contributed by atoms with Crippen molar-refractivity contribution in [3.05, 3.63) is 29.8 Å². The van der Waals surface area contributed by atoms with E-state index in [1.807, 2.05) is 0 Å². The van der Waals surface area contributed by atoms with Crippen LogP contribution in [-0.4, -0.2) is 57.4 Å². The number of rotatable bonds is 7. The Morgan fingerprint density at radius 3 is 2.43 bits per heavy atom. The molecular weight excluding hydrogens is 404 g/mol. The first kappa shape index (κ1) is 22.6. The van der Waals surface area contributed by atoms with Crippen LogP contribution >= 0.6 is 12.4 Å². The highest BCUT2D eigenvalue weighted by molar-refractivity contribution is 7.89. The minimum Gasteiger partial charge on any atom is -0.355 e. The van der Waals surface area contributed by atoms with Gasteiger partial charge in [0, 0.05) is 37.8 Å². The summed E-state index contributed by atoms with van der Waals surface area (Å²) in [6.45, 7) is 1.75. The van der Waals surface area contributed by atoms with Crippen molar-refractivity contribution in [2.45, 2.75) is 36.6 Å². The number of halogens is 1. The molecule has 0 aromatic heterocycles. The largest absolute Gasteiger partial charge is 0.355 e. The Morgan fingerprint density at radius 2 is 1.82 bits per heavy atom. The number of likely N-dealkylation sites (tertiary alicyclic amines) is 1. The van der Waals surface area contributed by atoms with Gasteiger partial charge in [-0.3, -0.25) is 9.59 Å². The molecule has 0 spiro atoms. The van der Waals surface area contributed by atoms with Crippen LogP contribution in [0.25, 0.3) is 0 Å². The van der Waals surface area contributed by atoms with E-state index in [1.54, 1.807) is 4.90 Å². The molecule has 0 radical (unpaired) electrons. The monoisotopic (exact) mass is 430 g/mol. The van der Waals surface area contributed by atoms with Crippen molar-refractivity contribution in [2.75, 3.05) is 26.2 Å². The number of piperidine rings is 1. The molecule has 1 aliphatic heterocycles. The van der Waals surface area contributed by atoms with Gasteiger partial charge in [-0.25, -0.2) is 13.1 Å². The van der Waals surface area contributed by atoms with Crippen LogP contribution in [-0.2, 0) is 14.8 Å². The minimum absolute atomic E-state index is 0. The molecule has 10 heteroatoms. The second-order valence-corrected chi connectivity index (χ2v) is 8.80. The lowest BCUT2D eigenvalue weighted by Gasteiger charge is -2.32. The predicted octanol–water partition coefficient (Wildman–Crippen LogP) is 0.476. The maximum Gasteiger partial charge on any atom is 0.253 e. The zero-order chi connectivity index (χ0) is 19.4. The van der Waals surface area contributed by atoms with E-state index in [1.165, 1.54) is 24.3 Å². The van der Waals surface area contributed by atoms with E-state index in [0.717, 1.165) is 25.7 Å². The van der Waals surface area contributed by atoms with Crippen LogP contribution in [0.3, 0.4) is 0 Å². The fourth-order valence-electron chi connectivity index (χ4n) is 3.16. The van der Waals surface area contributed by atoms with Crippen LogP contribution in [0.2, 0.25) is 0 Å². The predicted molar refractivity (Wildman–Crippen MR) is 108 cm³/mol. The maximum absolute atomic E-state index is 12.7. The molecule has 1 atom stereocenters.